The maximum absolute atomic E-state index is 12.5. The largest absolute Gasteiger partial charge is 0.294 e. The number of rotatable bonds is 10. The van der Waals surface area contributed by atoms with Crippen molar-refractivity contribution < 1.29 is 22.9 Å². The van der Waals surface area contributed by atoms with E-state index in [4.69, 9.17) is 0 Å². The van der Waals surface area contributed by atoms with Gasteiger partial charge in [-0.3, -0.25) is 24.4 Å². The molecule has 3 aromatic rings. The van der Waals surface area contributed by atoms with E-state index in [1.807, 2.05) is 0 Å². The summed E-state index contributed by atoms with van der Waals surface area (Å²) in [6.45, 7) is 1.51. The van der Waals surface area contributed by atoms with Crippen molar-refractivity contribution in [3.8, 4) is 0 Å². The zero-order chi connectivity index (χ0) is 24.7. The zero-order valence-electron chi connectivity index (χ0n) is 18.0. The Morgan fingerprint density at radius 1 is 0.824 bits per heavy atom. The number of non-ortho nitro benzene ring substituents is 1. The third kappa shape index (κ3) is 6.62. The van der Waals surface area contributed by atoms with Gasteiger partial charge in [0.2, 0.25) is 10.0 Å². The second-order valence-electron chi connectivity index (χ2n) is 7.13. The Morgan fingerprint density at radius 2 is 1.26 bits per heavy atom. The molecular weight excluding hydrogens is 460 g/mol. The Hall–Kier alpha value is -4.25. The first-order valence-corrected chi connectivity index (χ1v) is 11.8. The number of benzene rings is 3. The van der Waals surface area contributed by atoms with E-state index in [1.54, 1.807) is 12.1 Å². The maximum atomic E-state index is 12.5. The van der Waals surface area contributed by atoms with Crippen LogP contribution in [0, 0.1) is 10.1 Å². The number of carbonyl (C=O) groups is 2. The summed E-state index contributed by atoms with van der Waals surface area (Å²) in [6.07, 6.45) is -0.344. The first-order chi connectivity index (χ1) is 16.2. The molecule has 0 aliphatic carbocycles. The molecule has 3 aromatic carbocycles. The number of nitro benzene ring substituents is 1. The van der Waals surface area contributed by atoms with E-state index in [9.17, 15) is 28.1 Å². The standard InChI is InChI=1S/C23H20N4O6S/c1-2-34(32,33)26-20-9-5-17(6-10-20)23(29)15-22(28)16-3-7-18(8-4-16)24-25-19-11-13-21(14-12-19)27(30)31/h3-14,26H,2,15H2,1H3. The topological polar surface area (TPSA) is 148 Å². The van der Waals surface area contributed by atoms with Crippen molar-refractivity contribution in [3.05, 3.63) is 94.0 Å². The summed E-state index contributed by atoms with van der Waals surface area (Å²) in [5, 5.41) is 18.7. The fourth-order valence-corrected chi connectivity index (χ4v) is 3.44. The van der Waals surface area contributed by atoms with Crippen LogP contribution in [-0.4, -0.2) is 30.7 Å². The molecule has 0 radical (unpaired) electrons. The number of hydrogen-bond donors (Lipinski definition) is 1. The van der Waals surface area contributed by atoms with Crippen LogP contribution in [0.1, 0.15) is 34.1 Å². The van der Waals surface area contributed by atoms with Crippen LogP contribution in [0.25, 0.3) is 0 Å². The molecule has 11 heteroatoms. The summed E-state index contributed by atoms with van der Waals surface area (Å²) in [5.74, 6) is -0.837. The second kappa shape index (κ2) is 10.6. The number of hydrogen-bond acceptors (Lipinski definition) is 8. The minimum Gasteiger partial charge on any atom is -0.294 e. The summed E-state index contributed by atoms with van der Waals surface area (Å²) in [5.41, 5.74) is 1.81. The molecule has 174 valence electrons. The Balaban J connectivity index is 1.59. The summed E-state index contributed by atoms with van der Waals surface area (Å²) in [4.78, 5) is 35.1. The van der Waals surface area contributed by atoms with Crippen LogP contribution >= 0.6 is 0 Å². The Bertz CT molecular complexity index is 1330. The van der Waals surface area contributed by atoms with Crippen molar-refractivity contribution in [1.29, 1.82) is 0 Å². The number of nitrogens with one attached hydrogen (secondary N) is 1. The third-order valence-electron chi connectivity index (χ3n) is 4.71. The van der Waals surface area contributed by atoms with Crippen molar-refractivity contribution >= 4 is 44.3 Å². The highest BCUT2D eigenvalue weighted by molar-refractivity contribution is 7.92. The van der Waals surface area contributed by atoms with Gasteiger partial charge in [0.1, 0.15) is 0 Å². The lowest BCUT2D eigenvalue weighted by Crippen LogP contribution is -2.14. The normalized spacial score (nSPS) is 11.3. The Morgan fingerprint density at radius 3 is 1.71 bits per heavy atom. The molecule has 0 saturated carbocycles. The summed E-state index contributed by atoms with van der Waals surface area (Å²) >= 11 is 0. The molecule has 1 N–H and O–H groups in total. The van der Waals surface area contributed by atoms with Gasteiger partial charge in [-0.1, -0.05) is 0 Å². The van der Waals surface area contributed by atoms with Crippen LogP contribution in [0.15, 0.2) is 83.0 Å². The molecule has 10 nitrogen and oxygen atoms in total. The molecule has 0 aromatic heterocycles. The molecular formula is C23H20N4O6S. The molecule has 0 heterocycles. The van der Waals surface area contributed by atoms with Gasteiger partial charge in [0, 0.05) is 28.9 Å². The first kappa shape index (κ1) is 24.4. The van der Waals surface area contributed by atoms with Crippen LogP contribution in [0.2, 0.25) is 0 Å². The first-order valence-electron chi connectivity index (χ1n) is 10.1. The second-order valence-corrected chi connectivity index (χ2v) is 9.14. The van der Waals surface area contributed by atoms with Crippen molar-refractivity contribution in [3.63, 3.8) is 0 Å². The van der Waals surface area contributed by atoms with Gasteiger partial charge < -0.3 is 0 Å². The van der Waals surface area contributed by atoms with E-state index in [2.05, 4.69) is 15.0 Å². The predicted molar refractivity (Wildman–Crippen MR) is 127 cm³/mol. The van der Waals surface area contributed by atoms with Gasteiger partial charge in [-0.05, 0) is 67.6 Å². The molecule has 0 bridgehead atoms. The lowest BCUT2D eigenvalue weighted by Gasteiger charge is -2.07. The lowest BCUT2D eigenvalue weighted by atomic mass is 10.0. The van der Waals surface area contributed by atoms with Gasteiger partial charge in [-0.2, -0.15) is 10.2 Å². The highest BCUT2D eigenvalue weighted by Crippen LogP contribution is 2.22. The highest BCUT2D eigenvalue weighted by atomic mass is 32.2. The van der Waals surface area contributed by atoms with E-state index >= 15 is 0 Å². The summed E-state index contributed by atoms with van der Waals surface area (Å²) in [7, 11) is -3.42. The molecule has 0 aliphatic heterocycles. The van der Waals surface area contributed by atoms with Gasteiger partial charge in [0.15, 0.2) is 11.6 Å². The number of ketones is 2. The van der Waals surface area contributed by atoms with Crippen LogP contribution in [0.5, 0.6) is 0 Å². The van der Waals surface area contributed by atoms with Crippen molar-refractivity contribution in [2.45, 2.75) is 13.3 Å². The van der Waals surface area contributed by atoms with Gasteiger partial charge in [0.25, 0.3) is 5.69 Å². The smallest absolute Gasteiger partial charge is 0.269 e. The van der Waals surface area contributed by atoms with Crippen molar-refractivity contribution in [2.24, 2.45) is 10.2 Å². The molecule has 34 heavy (non-hydrogen) atoms. The third-order valence-corrected chi connectivity index (χ3v) is 6.02. The quantitative estimate of drug-likeness (QED) is 0.138. The van der Waals surface area contributed by atoms with Crippen molar-refractivity contribution in [1.82, 2.24) is 0 Å². The minimum absolute atomic E-state index is 0.0478. The lowest BCUT2D eigenvalue weighted by molar-refractivity contribution is -0.384. The van der Waals surface area contributed by atoms with E-state index in [0.29, 0.717) is 28.2 Å². The van der Waals surface area contributed by atoms with Gasteiger partial charge in [-0.15, -0.1) is 0 Å². The maximum Gasteiger partial charge on any atom is 0.269 e. The van der Waals surface area contributed by atoms with Crippen LogP contribution < -0.4 is 4.72 Å². The van der Waals surface area contributed by atoms with Gasteiger partial charge >= 0.3 is 0 Å². The Kier molecular flexibility index (Phi) is 7.59. The fourth-order valence-electron chi connectivity index (χ4n) is 2.80. The molecule has 0 amide bonds. The van der Waals surface area contributed by atoms with E-state index in [0.717, 1.165) is 0 Å². The Labute approximate surface area is 195 Å². The number of carbonyl (C=O) groups excluding carboxylic acids is 2. The van der Waals surface area contributed by atoms with E-state index < -0.39 is 20.7 Å². The average Bonchev–Trinajstić information content (AvgIpc) is 2.83. The van der Waals surface area contributed by atoms with Gasteiger partial charge in [0.05, 0.1) is 28.5 Å². The number of Topliss-reactive ketones (excluding diaryl/α,β-unsaturated/α-hetero) is 2. The molecule has 3 rings (SSSR count). The summed E-state index contributed by atoms with van der Waals surface area (Å²) in [6, 6.07) is 17.6. The van der Waals surface area contributed by atoms with E-state index in [1.165, 1.54) is 67.6 Å². The number of nitro groups is 1. The van der Waals surface area contributed by atoms with Gasteiger partial charge in [-0.25, -0.2) is 8.42 Å². The van der Waals surface area contributed by atoms with Crippen LogP contribution in [0.3, 0.4) is 0 Å². The average molecular weight is 481 g/mol. The zero-order valence-corrected chi connectivity index (χ0v) is 18.9. The predicted octanol–water partition coefficient (Wildman–Crippen LogP) is 5.23. The number of anilines is 1. The SMILES string of the molecule is CCS(=O)(=O)Nc1ccc(C(=O)CC(=O)c2ccc(N=Nc3ccc([N+](=O)[O-])cc3)cc2)cc1. The molecule has 0 spiro atoms. The highest BCUT2D eigenvalue weighted by Gasteiger charge is 2.14. The molecule has 0 saturated heterocycles. The minimum atomic E-state index is -3.42. The number of azo groups is 1. The van der Waals surface area contributed by atoms with Crippen LogP contribution in [-0.2, 0) is 10.0 Å². The number of nitrogens with zero attached hydrogens (tertiary/aromatic N) is 3. The summed E-state index contributed by atoms with van der Waals surface area (Å²) < 4.78 is 25.6. The molecule has 0 aliphatic rings. The monoisotopic (exact) mass is 480 g/mol. The fraction of sp³-hybridized carbons (Fsp3) is 0.130. The van der Waals surface area contributed by atoms with Crippen LogP contribution in [0.4, 0.5) is 22.7 Å². The molecule has 0 fully saturated rings. The molecule has 0 atom stereocenters. The molecule has 0 unspecified atom stereocenters. The number of sulfonamides is 1. The van der Waals surface area contributed by atoms with Crippen molar-refractivity contribution in [2.75, 3.05) is 10.5 Å². The van der Waals surface area contributed by atoms with E-state index in [-0.39, 0.29) is 23.6 Å².